The molecule has 4 saturated carbocycles. The van der Waals surface area contributed by atoms with Crippen molar-refractivity contribution in [3.8, 4) is 0 Å². The Bertz CT molecular complexity index is 3010. The van der Waals surface area contributed by atoms with Crippen LogP contribution in [0.5, 0.6) is 0 Å². The van der Waals surface area contributed by atoms with E-state index in [4.69, 9.17) is 66.3 Å². The van der Waals surface area contributed by atoms with Crippen LogP contribution in [0.4, 0.5) is 0 Å². The van der Waals surface area contributed by atoms with Crippen molar-refractivity contribution in [2.24, 2.45) is 50.2 Å². The second kappa shape index (κ2) is 31.2. The summed E-state index contributed by atoms with van der Waals surface area (Å²) >= 11 is 0. The highest BCUT2D eigenvalue weighted by Gasteiger charge is 2.73. The maximum absolute atomic E-state index is 15.7. The van der Waals surface area contributed by atoms with Crippen molar-refractivity contribution in [1.29, 1.82) is 0 Å². The molecule has 36 nitrogen and oxygen atoms in total. The van der Waals surface area contributed by atoms with E-state index in [0.717, 1.165) is 11.9 Å². The summed E-state index contributed by atoms with van der Waals surface area (Å²) in [6.07, 6.45) is -52.8. The van der Waals surface area contributed by atoms with Gasteiger partial charge >= 0.3 is 5.97 Å². The monoisotopic (exact) mass is 1510 g/mol. The fraction of sp³-hybridized carbons (Fsp3) is 0.942. The Hall–Kier alpha value is -2.44. The first kappa shape index (κ1) is 82.0. The number of aliphatic hydroxyl groups excluding tert-OH is 20. The molecule has 12 rings (SSSR count). The average molecular weight is 1520 g/mol. The molecule has 0 aromatic heterocycles. The molecule has 7 aliphatic heterocycles. The maximum atomic E-state index is 15.7. The number of esters is 1. The summed E-state index contributed by atoms with van der Waals surface area (Å²) in [6.45, 7) is 9.60. The van der Waals surface area contributed by atoms with Crippen molar-refractivity contribution in [2.75, 3.05) is 39.6 Å². The Labute approximate surface area is 605 Å². The van der Waals surface area contributed by atoms with Gasteiger partial charge in [0.25, 0.3) is 0 Å². The predicted octanol–water partition coefficient (Wildman–Crippen LogP) is -7.47. The summed E-state index contributed by atoms with van der Waals surface area (Å²) < 4.78 is 83.8. The normalized spacial score (nSPS) is 55.1. The number of carbonyl (C=O) groups is 2. The minimum atomic E-state index is -2.04. The zero-order valence-corrected chi connectivity index (χ0v) is 59.6. The van der Waals surface area contributed by atoms with E-state index in [1.807, 2.05) is 0 Å². The van der Waals surface area contributed by atoms with Gasteiger partial charge in [-0.1, -0.05) is 53.2 Å². The van der Waals surface area contributed by atoms with E-state index in [2.05, 4.69) is 40.7 Å². The third-order valence-electron chi connectivity index (χ3n) is 26.5. The lowest BCUT2D eigenvalue weighted by Crippen LogP contribution is -2.69. The first-order valence-electron chi connectivity index (χ1n) is 36.6. The largest absolute Gasteiger partial charge is 0.432 e. The summed E-state index contributed by atoms with van der Waals surface area (Å²) in [5.74, 6) is -2.18. The Balaban J connectivity index is 0.770. The number of carbonyl (C=O) groups excluding carboxylic acids is 2. The highest BCUT2D eigenvalue weighted by molar-refractivity contribution is 5.80. The Kier molecular flexibility index (Phi) is 24.3. The molecule has 0 spiro atoms. The first-order valence-corrected chi connectivity index (χ1v) is 36.6. The Morgan fingerprint density at radius 1 is 0.467 bits per heavy atom. The smallest absolute Gasteiger partial charge is 0.317 e. The fourth-order valence-electron chi connectivity index (χ4n) is 20.0. The van der Waals surface area contributed by atoms with Crippen LogP contribution in [0.3, 0.4) is 0 Å². The Morgan fingerprint density at radius 3 is 1.58 bits per heavy atom. The van der Waals surface area contributed by atoms with Crippen molar-refractivity contribution in [3.63, 3.8) is 0 Å². The van der Waals surface area contributed by atoms with Crippen molar-refractivity contribution in [1.82, 2.24) is 0 Å². The van der Waals surface area contributed by atoms with Gasteiger partial charge in [0, 0.05) is 0 Å². The molecule has 105 heavy (non-hydrogen) atoms. The lowest BCUT2D eigenvalue weighted by molar-refractivity contribution is -0.399. The molecule has 7 saturated heterocycles. The third-order valence-corrected chi connectivity index (χ3v) is 26.5. The van der Waals surface area contributed by atoms with Gasteiger partial charge in [-0.05, 0) is 104 Å². The molecule has 0 unspecified atom stereocenters. The minimum Gasteiger partial charge on any atom is -0.432 e. The molecule has 602 valence electrons. The summed E-state index contributed by atoms with van der Waals surface area (Å²) in [7, 11) is 0. The summed E-state index contributed by atoms with van der Waals surface area (Å²) in [5, 5.41) is 220. The van der Waals surface area contributed by atoms with E-state index >= 15 is 4.79 Å². The number of hydrogen-bond acceptors (Lipinski definition) is 36. The lowest BCUT2D eigenvalue weighted by Gasteiger charge is -2.71. The topological polar surface area (TPSA) is 568 Å². The van der Waals surface area contributed by atoms with E-state index in [-0.39, 0.29) is 30.6 Å². The van der Waals surface area contributed by atoms with Gasteiger partial charge in [0.1, 0.15) is 152 Å². The first-order chi connectivity index (χ1) is 49.4. The van der Waals surface area contributed by atoms with Crippen LogP contribution >= 0.6 is 0 Å². The van der Waals surface area contributed by atoms with E-state index in [0.29, 0.717) is 38.5 Å². The molecule has 36 heteroatoms. The summed E-state index contributed by atoms with van der Waals surface area (Å²) in [5.41, 5.74) is -4.59. The number of allylic oxidation sites excluding steroid dienone is 2. The van der Waals surface area contributed by atoms with Gasteiger partial charge in [0.05, 0.1) is 63.4 Å². The molecule has 0 aromatic carbocycles. The lowest BCUT2D eigenvalue weighted by atomic mass is 9.33. The van der Waals surface area contributed by atoms with Crippen molar-refractivity contribution >= 4 is 12.3 Å². The standard InChI is InChI=1S/C69H110O36/c1-25-51(100-57-50(90)52(30(76)23-93-57)101-56-46(86)38(78)28(74)21-92-56)45(85)49(89)58(95-25)103-54-39(79)29(75)22-94-61(54)105-63(91)69-15-14-64(2,3)16-27(69)26-8-9-35-65(4)12-11-37(66(5,24-73)34(65)10-13-67(35,6)68(26,7)17-36(69)77)99-62-55(104-60-48(88)44(84)41(81)32(19-71)97-60)53(42(82)33(20-72)98-62)102-59-47(87)43(83)40(80)31(18-70)96-59/h8,24-25,27-62,70-72,74-90H,9-23H2,1-7H3/t25-,27-,28+,29-,30+,31+,32+,33+,34+,35-,36+,37-,38-,39-,40+,41+,42+,43-,44-,45-,46+,47+,48+,49+,50+,51-,52-,53-,54+,55+,56-,57-,58-,59-,60-,61-,62-,65-,66-,67+,68+,69+/m0/s1. The molecule has 5 aliphatic carbocycles. The molecular weight excluding hydrogens is 1400 g/mol. The van der Waals surface area contributed by atoms with Gasteiger partial charge in [-0.2, -0.15) is 0 Å². The van der Waals surface area contributed by atoms with Crippen LogP contribution in [-0.2, 0) is 75.9 Å². The molecule has 11 fully saturated rings. The molecule has 0 amide bonds. The number of ether oxygens (including phenoxy) is 14. The number of aliphatic hydroxyl groups is 20. The summed E-state index contributed by atoms with van der Waals surface area (Å²) in [4.78, 5) is 29.9. The zero-order chi connectivity index (χ0) is 76.4. The van der Waals surface area contributed by atoms with E-state index in [1.165, 1.54) is 6.92 Å². The molecule has 0 radical (unpaired) electrons. The van der Waals surface area contributed by atoms with Crippen LogP contribution in [0.2, 0.25) is 0 Å². The molecule has 20 N–H and O–H groups in total. The highest BCUT2D eigenvalue weighted by atomic mass is 16.8. The van der Waals surface area contributed by atoms with Crippen LogP contribution in [0.1, 0.15) is 106 Å². The van der Waals surface area contributed by atoms with Crippen LogP contribution in [0, 0.1) is 50.2 Å². The number of rotatable bonds is 18. The predicted molar refractivity (Wildman–Crippen MR) is 343 cm³/mol. The van der Waals surface area contributed by atoms with Crippen molar-refractivity contribution < 1.29 is 178 Å². The van der Waals surface area contributed by atoms with Gasteiger partial charge in [-0.15, -0.1) is 0 Å². The SMILES string of the molecule is C[C@@H]1O[C@@H](O[C@H]2[C@H](OC(=O)[C@]34CCC(C)(C)C[C@H]3C3=CC[C@H]5[C@@]6(C)CC[C@H](O[C@@H]7O[C@H](CO)[C@@H](O)[C@H](O[C@@H]8O[C@H](CO)[C@@H](O)[C@H](O)[C@H]8O)[C@H]7O[C@@H]7O[C@H](CO)[C@@H](O)[C@H](O)[C@H]7O)[C@@](C)(C=O)[C@@H]6CC[C@@]5(C)[C@]3(C)C[C@H]4O)OC[C@H](O)[C@@H]2O)[C@H](O)[C@H](O)[C@H]1O[C@@H]1OC[C@@H](O)[C@H](O[C@@H]2OC[C@@H](O)[C@H](O)[C@H]2O)[C@H]1O. The molecular formula is C69H110O36. The summed E-state index contributed by atoms with van der Waals surface area (Å²) in [6, 6.07) is 0. The van der Waals surface area contributed by atoms with Gasteiger partial charge in [0.15, 0.2) is 43.8 Å². The molecule has 7 heterocycles. The van der Waals surface area contributed by atoms with E-state index in [1.54, 1.807) is 6.92 Å². The molecule has 0 aromatic rings. The van der Waals surface area contributed by atoms with Gasteiger partial charge in [-0.25, -0.2) is 0 Å². The molecule has 0 bridgehead atoms. The Morgan fingerprint density at radius 2 is 0.971 bits per heavy atom. The zero-order valence-electron chi connectivity index (χ0n) is 59.6. The maximum Gasteiger partial charge on any atom is 0.317 e. The highest BCUT2D eigenvalue weighted by Crippen LogP contribution is 2.76. The van der Waals surface area contributed by atoms with Gasteiger partial charge < -0.3 is 173 Å². The van der Waals surface area contributed by atoms with Crippen LogP contribution in [-0.4, -0.2) is 363 Å². The van der Waals surface area contributed by atoms with Crippen LogP contribution in [0.15, 0.2) is 11.6 Å². The van der Waals surface area contributed by atoms with Crippen LogP contribution < -0.4 is 0 Å². The molecule has 12 aliphatic rings. The number of aldehydes is 1. The second-order valence-corrected chi connectivity index (χ2v) is 33.1. The quantitative estimate of drug-likeness (QED) is 0.0262. The fourth-order valence-corrected chi connectivity index (χ4v) is 20.0. The third kappa shape index (κ3) is 14.2. The number of hydrogen-bond donors (Lipinski definition) is 20. The van der Waals surface area contributed by atoms with E-state index < -0.39 is 293 Å². The van der Waals surface area contributed by atoms with Crippen LogP contribution in [0.25, 0.3) is 0 Å². The molecule has 42 atom stereocenters. The van der Waals surface area contributed by atoms with Crippen molar-refractivity contribution in [3.05, 3.63) is 11.6 Å². The minimum absolute atomic E-state index is 0.0622. The van der Waals surface area contributed by atoms with E-state index in [9.17, 15) is 107 Å². The average Bonchev–Trinajstić information content (AvgIpc) is 0.670. The second-order valence-electron chi connectivity index (χ2n) is 33.1. The van der Waals surface area contributed by atoms with Crippen molar-refractivity contribution in [2.45, 2.75) is 315 Å². The van der Waals surface area contributed by atoms with Gasteiger partial charge in [-0.3, -0.25) is 4.79 Å². The number of fused-ring (bicyclic) bond motifs is 7. The van der Waals surface area contributed by atoms with Gasteiger partial charge in [0.2, 0.25) is 6.29 Å².